The van der Waals surface area contributed by atoms with Crippen LogP contribution in [0.5, 0.6) is 0 Å². The highest BCUT2D eigenvalue weighted by Crippen LogP contribution is 2.21. The highest BCUT2D eigenvalue weighted by Gasteiger charge is 2.37. The van der Waals surface area contributed by atoms with Crippen LogP contribution in [-0.2, 0) is 4.79 Å². The molecule has 0 aromatic rings. The van der Waals surface area contributed by atoms with Crippen molar-refractivity contribution < 1.29 is 4.79 Å². The summed E-state index contributed by atoms with van der Waals surface area (Å²) in [4.78, 5) is 15.2. The van der Waals surface area contributed by atoms with E-state index in [9.17, 15) is 4.79 Å². The average molecular weight is 169 g/mol. The lowest BCUT2D eigenvalue weighted by Gasteiger charge is -2.23. The number of hydrogen-bond acceptors (Lipinski definition) is 2. The van der Waals surface area contributed by atoms with Crippen LogP contribution in [-0.4, -0.2) is 25.0 Å². The standard InChI is InChI=1S/C8H15N3O/c1-8(2,3)5-6(12)11-7(9-4)10-5/h5H,1-4H3,(H2,9,10,11,12). The van der Waals surface area contributed by atoms with Gasteiger partial charge in [0.1, 0.15) is 6.04 Å². The van der Waals surface area contributed by atoms with Crippen LogP contribution < -0.4 is 10.6 Å². The summed E-state index contributed by atoms with van der Waals surface area (Å²) in [6.45, 7) is 6.05. The van der Waals surface area contributed by atoms with Crippen molar-refractivity contribution >= 4 is 11.9 Å². The van der Waals surface area contributed by atoms with E-state index in [1.54, 1.807) is 7.05 Å². The zero-order valence-electron chi connectivity index (χ0n) is 7.93. The van der Waals surface area contributed by atoms with E-state index in [2.05, 4.69) is 15.6 Å². The molecule has 4 nitrogen and oxygen atoms in total. The molecule has 0 saturated carbocycles. The van der Waals surface area contributed by atoms with Crippen molar-refractivity contribution in [3.63, 3.8) is 0 Å². The highest BCUT2D eigenvalue weighted by atomic mass is 16.2. The van der Waals surface area contributed by atoms with Crippen LogP contribution in [0, 0.1) is 5.41 Å². The zero-order valence-corrected chi connectivity index (χ0v) is 7.93. The first kappa shape index (κ1) is 9.03. The van der Waals surface area contributed by atoms with Crippen molar-refractivity contribution in [1.82, 2.24) is 10.6 Å². The molecule has 2 N–H and O–H groups in total. The molecule has 1 atom stereocenters. The van der Waals surface area contributed by atoms with E-state index in [0.29, 0.717) is 5.96 Å². The van der Waals surface area contributed by atoms with Crippen LogP contribution >= 0.6 is 0 Å². The Morgan fingerprint density at radius 1 is 1.42 bits per heavy atom. The Balaban J connectivity index is 2.78. The Labute approximate surface area is 72.4 Å². The fourth-order valence-electron chi connectivity index (χ4n) is 1.16. The first-order valence-corrected chi connectivity index (χ1v) is 3.99. The lowest BCUT2D eigenvalue weighted by atomic mass is 9.87. The third kappa shape index (κ3) is 1.57. The molecular weight excluding hydrogens is 154 g/mol. The number of carbonyl (C=O) groups is 1. The van der Waals surface area contributed by atoms with Crippen LogP contribution in [0.2, 0.25) is 0 Å². The zero-order chi connectivity index (χ0) is 9.35. The van der Waals surface area contributed by atoms with E-state index >= 15 is 0 Å². The summed E-state index contributed by atoms with van der Waals surface area (Å²) in [6, 6.07) is -0.170. The molecular formula is C8H15N3O. The molecule has 4 heteroatoms. The van der Waals surface area contributed by atoms with Crippen molar-refractivity contribution in [1.29, 1.82) is 0 Å². The predicted molar refractivity (Wildman–Crippen MR) is 47.9 cm³/mol. The predicted octanol–water partition coefficient (Wildman–Crippen LogP) is 0.106. The van der Waals surface area contributed by atoms with Gasteiger partial charge in [-0.3, -0.25) is 15.1 Å². The number of amides is 1. The quantitative estimate of drug-likeness (QED) is 0.540. The maximum atomic E-state index is 11.3. The fourth-order valence-corrected chi connectivity index (χ4v) is 1.16. The van der Waals surface area contributed by atoms with Crippen LogP contribution in [0.3, 0.4) is 0 Å². The second kappa shape index (κ2) is 2.77. The van der Waals surface area contributed by atoms with Crippen molar-refractivity contribution in [3.8, 4) is 0 Å². The van der Waals surface area contributed by atoms with Crippen LogP contribution in [0.25, 0.3) is 0 Å². The number of aliphatic imine (C=N–C) groups is 1. The molecule has 0 spiro atoms. The molecule has 1 aliphatic heterocycles. The molecule has 1 rings (SSSR count). The maximum Gasteiger partial charge on any atom is 0.249 e. The van der Waals surface area contributed by atoms with Gasteiger partial charge in [-0.25, -0.2) is 0 Å². The van der Waals surface area contributed by atoms with E-state index in [1.165, 1.54) is 0 Å². The van der Waals surface area contributed by atoms with Gasteiger partial charge < -0.3 is 5.32 Å². The lowest BCUT2D eigenvalue weighted by molar-refractivity contribution is -0.122. The third-order valence-electron chi connectivity index (χ3n) is 1.87. The molecule has 0 aromatic heterocycles. The molecule has 0 bridgehead atoms. The third-order valence-corrected chi connectivity index (χ3v) is 1.87. The first-order chi connectivity index (χ1) is 5.45. The SMILES string of the molecule is CN=C1NC(=O)C(C(C)(C)C)N1. The molecule has 0 aliphatic carbocycles. The number of hydrogen-bond donors (Lipinski definition) is 2. The van der Waals surface area contributed by atoms with Gasteiger partial charge in [-0.2, -0.15) is 0 Å². The summed E-state index contributed by atoms with van der Waals surface area (Å²) in [7, 11) is 1.65. The van der Waals surface area contributed by atoms with E-state index in [1.807, 2.05) is 20.8 Å². The second-order valence-electron chi connectivity index (χ2n) is 4.00. The van der Waals surface area contributed by atoms with Crippen LogP contribution in [0.1, 0.15) is 20.8 Å². The van der Waals surface area contributed by atoms with Crippen molar-refractivity contribution in [3.05, 3.63) is 0 Å². The largest absolute Gasteiger partial charge is 0.344 e. The van der Waals surface area contributed by atoms with Gasteiger partial charge in [0, 0.05) is 7.05 Å². The Hall–Kier alpha value is -1.06. The molecule has 1 saturated heterocycles. The first-order valence-electron chi connectivity index (χ1n) is 3.99. The molecule has 0 radical (unpaired) electrons. The topological polar surface area (TPSA) is 53.5 Å². The molecule has 1 aliphatic rings. The van der Waals surface area contributed by atoms with E-state index in [4.69, 9.17) is 0 Å². The number of rotatable bonds is 0. The van der Waals surface area contributed by atoms with Gasteiger partial charge in [0.15, 0.2) is 5.96 Å². The van der Waals surface area contributed by atoms with Crippen molar-refractivity contribution in [2.75, 3.05) is 7.05 Å². The Morgan fingerprint density at radius 2 is 2.00 bits per heavy atom. The molecule has 1 heterocycles. The smallest absolute Gasteiger partial charge is 0.249 e. The monoisotopic (exact) mass is 169 g/mol. The fraction of sp³-hybridized carbons (Fsp3) is 0.750. The van der Waals surface area contributed by atoms with Gasteiger partial charge in [0.25, 0.3) is 0 Å². The maximum absolute atomic E-state index is 11.3. The molecule has 1 unspecified atom stereocenters. The van der Waals surface area contributed by atoms with Gasteiger partial charge in [-0.15, -0.1) is 0 Å². The highest BCUT2D eigenvalue weighted by molar-refractivity contribution is 6.06. The molecule has 68 valence electrons. The average Bonchev–Trinajstić information content (AvgIpc) is 2.29. The number of carbonyl (C=O) groups excluding carboxylic acids is 1. The summed E-state index contributed by atoms with van der Waals surface area (Å²) < 4.78 is 0. The van der Waals surface area contributed by atoms with Gasteiger partial charge in [-0.05, 0) is 5.41 Å². The van der Waals surface area contributed by atoms with Gasteiger partial charge in [0.2, 0.25) is 5.91 Å². The van der Waals surface area contributed by atoms with E-state index < -0.39 is 0 Å². The normalized spacial score (nSPS) is 27.2. The van der Waals surface area contributed by atoms with Gasteiger partial charge in [0.05, 0.1) is 0 Å². The van der Waals surface area contributed by atoms with Gasteiger partial charge >= 0.3 is 0 Å². The summed E-state index contributed by atoms with van der Waals surface area (Å²) in [5.74, 6) is 0.572. The Morgan fingerprint density at radius 3 is 2.25 bits per heavy atom. The van der Waals surface area contributed by atoms with Crippen molar-refractivity contribution in [2.24, 2.45) is 10.4 Å². The van der Waals surface area contributed by atoms with Crippen molar-refractivity contribution in [2.45, 2.75) is 26.8 Å². The second-order valence-corrected chi connectivity index (χ2v) is 4.00. The Kier molecular flexibility index (Phi) is 2.08. The molecule has 12 heavy (non-hydrogen) atoms. The number of guanidine groups is 1. The lowest BCUT2D eigenvalue weighted by Crippen LogP contribution is -2.41. The summed E-state index contributed by atoms with van der Waals surface area (Å²) in [6.07, 6.45) is 0. The summed E-state index contributed by atoms with van der Waals surface area (Å²) in [5, 5.41) is 5.68. The minimum atomic E-state index is -0.170. The van der Waals surface area contributed by atoms with Crippen LogP contribution in [0.4, 0.5) is 0 Å². The van der Waals surface area contributed by atoms with Crippen LogP contribution in [0.15, 0.2) is 4.99 Å². The molecule has 1 fully saturated rings. The van der Waals surface area contributed by atoms with E-state index in [-0.39, 0.29) is 17.4 Å². The molecule has 0 aromatic carbocycles. The number of nitrogens with one attached hydrogen (secondary N) is 2. The van der Waals surface area contributed by atoms with Gasteiger partial charge in [-0.1, -0.05) is 20.8 Å². The minimum Gasteiger partial charge on any atom is -0.344 e. The summed E-state index contributed by atoms with van der Waals surface area (Å²) >= 11 is 0. The van der Waals surface area contributed by atoms with E-state index in [0.717, 1.165) is 0 Å². The Bertz CT molecular complexity index is 227. The minimum absolute atomic E-state index is 0.00287. The summed E-state index contributed by atoms with van der Waals surface area (Å²) in [5.41, 5.74) is -0.0729. The number of nitrogens with zero attached hydrogens (tertiary/aromatic N) is 1. The molecule has 1 amide bonds.